The zero-order valence-electron chi connectivity index (χ0n) is 15.2. The minimum Gasteiger partial charge on any atom is -0.379 e. The number of amides is 1. The maximum atomic E-state index is 12.7. The highest BCUT2D eigenvalue weighted by Crippen LogP contribution is 2.20. The molecule has 2 aromatic rings. The van der Waals surface area contributed by atoms with Gasteiger partial charge in [-0.2, -0.15) is 4.31 Å². The molecule has 0 saturated carbocycles. The van der Waals surface area contributed by atoms with E-state index in [1.165, 1.54) is 22.6 Å². The van der Waals surface area contributed by atoms with Crippen molar-refractivity contribution in [3.63, 3.8) is 0 Å². The van der Waals surface area contributed by atoms with E-state index >= 15 is 0 Å². The lowest BCUT2D eigenvalue weighted by molar-refractivity contribution is -0.116. The Morgan fingerprint density at radius 3 is 2.64 bits per heavy atom. The molecule has 150 valence electrons. The van der Waals surface area contributed by atoms with E-state index < -0.39 is 21.5 Å². The summed E-state index contributed by atoms with van der Waals surface area (Å²) in [5.41, 5.74) is 0.619. The normalized spacial score (nSPS) is 15.4. The number of pyridine rings is 1. The van der Waals surface area contributed by atoms with Crippen molar-refractivity contribution in [3.8, 4) is 0 Å². The first-order valence-electron chi connectivity index (χ1n) is 8.62. The average molecular weight is 426 g/mol. The number of morpholine rings is 1. The number of anilines is 1. The Kier molecular flexibility index (Phi) is 6.19. The van der Waals surface area contributed by atoms with Crippen molar-refractivity contribution in [3.05, 3.63) is 57.5 Å². The van der Waals surface area contributed by atoms with Crippen LogP contribution < -0.4 is 10.9 Å². The zero-order valence-corrected chi connectivity index (χ0v) is 16.8. The van der Waals surface area contributed by atoms with Crippen LogP contribution in [0.5, 0.6) is 0 Å². The van der Waals surface area contributed by atoms with E-state index in [-0.39, 0.29) is 37.7 Å². The number of sulfonamides is 1. The first-order chi connectivity index (χ1) is 13.3. The minimum atomic E-state index is -3.95. The Morgan fingerprint density at radius 1 is 1.25 bits per heavy atom. The second-order valence-electron chi connectivity index (χ2n) is 6.33. The molecule has 2 heterocycles. The molecule has 1 saturated heterocycles. The summed E-state index contributed by atoms with van der Waals surface area (Å²) in [4.78, 5) is 24.6. The predicted octanol–water partition coefficient (Wildman–Crippen LogP) is 1.47. The SMILES string of the molecule is Cc1ccc(NC(=O)Cn2cccc(S(=O)(=O)N3CCOCC3)c2=O)cc1Cl. The summed E-state index contributed by atoms with van der Waals surface area (Å²) in [6, 6.07) is 7.75. The van der Waals surface area contributed by atoms with Crippen molar-refractivity contribution in [2.24, 2.45) is 0 Å². The molecule has 1 amide bonds. The second kappa shape index (κ2) is 8.44. The van der Waals surface area contributed by atoms with Gasteiger partial charge in [-0.15, -0.1) is 0 Å². The molecular weight excluding hydrogens is 406 g/mol. The highest BCUT2D eigenvalue weighted by Gasteiger charge is 2.29. The van der Waals surface area contributed by atoms with E-state index in [0.29, 0.717) is 10.7 Å². The monoisotopic (exact) mass is 425 g/mol. The maximum absolute atomic E-state index is 12.7. The van der Waals surface area contributed by atoms with E-state index in [2.05, 4.69) is 5.32 Å². The number of aryl methyl sites for hydroxylation is 1. The van der Waals surface area contributed by atoms with Crippen LogP contribution >= 0.6 is 11.6 Å². The molecule has 0 bridgehead atoms. The quantitative estimate of drug-likeness (QED) is 0.782. The van der Waals surface area contributed by atoms with Gasteiger partial charge in [-0.05, 0) is 36.8 Å². The molecule has 1 aromatic carbocycles. The van der Waals surface area contributed by atoms with Gasteiger partial charge in [0.15, 0.2) is 0 Å². The largest absolute Gasteiger partial charge is 0.379 e. The fourth-order valence-electron chi connectivity index (χ4n) is 2.79. The lowest BCUT2D eigenvalue weighted by Gasteiger charge is -2.25. The summed E-state index contributed by atoms with van der Waals surface area (Å²) >= 11 is 6.04. The molecule has 1 N–H and O–H groups in total. The van der Waals surface area contributed by atoms with E-state index in [9.17, 15) is 18.0 Å². The third kappa shape index (κ3) is 4.44. The highest BCUT2D eigenvalue weighted by molar-refractivity contribution is 7.89. The van der Waals surface area contributed by atoms with Crippen molar-refractivity contribution < 1.29 is 17.9 Å². The third-order valence-corrected chi connectivity index (χ3v) is 6.66. The van der Waals surface area contributed by atoms with Gasteiger partial charge in [-0.25, -0.2) is 8.42 Å². The summed E-state index contributed by atoms with van der Waals surface area (Å²) in [5.74, 6) is -0.469. The van der Waals surface area contributed by atoms with Gasteiger partial charge in [0, 0.05) is 30.0 Å². The third-order valence-electron chi connectivity index (χ3n) is 4.34. The molecule has 3 rings (SSSR count). The molecule has 1 fully saturated rings. The predicted molar refractivity (Wildman–Crippen MR) is 105 cm³/mol. The standard InChI is InChI=1S/C18H20ClN3O5S/c1-13-4-5-14(11-15(13)19)20-17(23)12-21-6-2-3-16(18(21)24)28(25,26)22-7-9-27-10-8-22/h2-6,11H,7-10,12H2,1H3,(H,20,23). The van der Waals surface area contributed by atoms with Crippen LogP contribution in [0.25, 0.3) is 0 Å². The zero-order chi connectivity index (χ0) is 20.3. The van der Waals surface area contributed by atoms with Crippen molar-refractivity contribution >= 4 is 33.2 Å². The van der Waals surface area contributed by atoms with Gasteiger partial charge in [-0.3, -0.25) is 9.59 Å². The Bertz CT molecular complexity index is 1050. The smallest absolute Gasteiger partial charge is 0.271 e. The van der Waals surface area contributed by atoms with Crippen LogP contribution in [0.3, 0.4) is 0 Å². The van der Waals surface area contributed by atoms with E-state index in [1.807, 2.05) is 6.92 Å². The summed E-state index contributed by atoms with van der Waals surface area (Å²) in [5, 5.41) is 3.16. The van der Waals surface area contributed by atoms with Crippen LogP contribution in [-0.4, -0.2) is 49.5 Å². The second-order valence-corrected chi connectivity index (χ2v) is 8.65. The Balaban J connectivity index is 1.79. The lowest BCUT2D eigenvalue weighted by Crippen LogP contribution is -2.43. The summed E-state index contributed by atoms with van der Waals surface area (Å²) in [6.07, 6.45) is 1.38. The average Bonchev–Trinajstić information content (AvgIpc) is 2.67. The number of hydrogen-bond acceptors (Lipinski definition) is 5. The van der Waals surface area contributed by atoms with Gasteiger partial charge >= 0.3 is 0 Å². The number of rotatable bonds is 5. The molecule has 8 nitrogen and oxygen atoms in total. The number of aromatic nitrogens is 1. The van der Waals surface area contributed by atoms with E-state index in [0.717, 1.165) is 10.1 Å². The van der Waals surface area contributed by atoms with Crippen LogP contribution in [0.1, 0.15) is 5.56 Å². The molecule has 0 radical (unpaired) electrons. The number of hydrogen-bond donors (Lipinski definition) is 1. The van der Waals surface area contributed by atoms with Gasteiger partial charge in [0.25, 0.3) is 5.56 Å². The molecule has 1 aromatic heterocycles. The minimum absolute atomic E-state index is 0.186. The maximum Gasteiger partial charge on any atom is 0.271 e. The van der Waals surface area contributed by atoms with Gasteiger partial charge < -0.3 is 14.6 Å². The van der Waals surface area contributed by atoms with Crippen molar-refractivity contribution in [2.75, 3.05) is 31.6 Å². The molecule has 0 unspecified atom stereocenters. The van der Waals surface area contributed by atoms with Crippen LogP contribution in [0.4, 0.5) is 5.69 Å². The Hall–Kier alpha value is -2.20. The van der Waals surface area contributed by atoms with Gasteiger partial charge in [-0.1, -0.05) is 17.7 Å². The molecule has 10 heteroatoms. The lowest BCUT2D eigenvalue weighted by atomic mass is 10.2. The van der Waals surface area contributed by atoms with Gasteiger partial charge in [0.05, 0.1) is 13.2 Å². The Labute approximate surface area is 167 Å². The van der Waals surface area contributed by atoms with Crippen LogP contribution in [0.2, 0.25) is 5.02 Å². The van der Waals surface area contributed by atoms with Crippen molar-refractivity contribution in [1.82, 2.24) is 8.87 Å². The van der Waals surface area contributed by atoms with Crippen LogP contribution in [0.15, 0.2) is 46.2 Å². The fraction of sp³-hybridized carbons (Fsp3) is 0.333. The summed E-state index contributed by atoms with van der Waals surface area (Å²) < 4.78 is 32.9. The summed E-state index contributed by atoms with van der Waals surface area (Å²) in [6.45, 7) is 2.45. The highest BCUT2D eigenvalue weighted by atomic mass is 35.5. The van der Waals surface area contributed by atoms with Gasteiger partial charge in [0.1, 0.15) is 11.4 Å². The van der Waals surface area contributed by atoms with Crippen LogP contribution in [-0.2, 0) is 26.1 Å². The first-order valence-corrected chi connectivity index (χ1v) is 10.4. The molecule has 1 aliphatic heterocycles. The molecule has 1 aliphatic rings. The van der Waals surface area contributed by atoms with Crippen molar-refractivity contribution in [1.29, 1.82) is 0 Å². The van der Waals surface area contributed by atoms with E-state index in [1.54, 1.807) is 18.2 Å². The van der Waals surface area contributed by atoms with Crippen LogP contribution in [0, 0.1) is 6.92 Å². The molecule has 28 heavy (non-hydrogen) atoms. The molecule has 0 aliphatic carbocycles. The van der Waals surface area contributed by atoms with Crippen molar-refractivity contribution in [2.45, 2.75) is 18.4 Å². The first kappa shape index (κ1) is 20.5. The van der Waals surface area contributed by atoms with E-state index in [4.69, 9.17) is 16.3 Å². The van der Waals surface area contributed by atoms with Gasteiger partial charge in [0.2, 0.25) is 15.9 Å². The number of nitrogens with zero attached hydrogens (tertiary/aromatic N) is 2. The fourth-order valence-corrected chi connectivity index (χ4v) is 4.46. The topological polar surface area (TPSA) is 97.7 Å². The number of carbonyl (C=O) groups excluding carboxylic acids is 1. The molecule has 0 spiro atoms. The molecular formula is C18H20ClN3O5S. The number of nitrogens with one attached hydrogen (secondary N) is 1. The Morgan fingerprint density at radius 2 is 1.96 bits per heavy atom. The molecule has 0 atom stereocenters. The number of benzene rings is 1. The number of halogens is 1. The number of carbonyl (C=O) groups is 1. The number of ether oxygens (including phenoxy) is 1. The summed E-state index contributed by atoms with van der Waals surface area (Å²) in [7, 11) is -3.95.